The molecule has 1 fully saturated rings. The highest BCUT2D eigenvalue weighted by atomic mass is 35.5. The molecule has 1 aliphatic rings. The molecule has 0 bridgehead atoms. The number of ether oxygens (including phenoxy) is 1. The van der Waals surface area contributed by atoms with Gasteiger partial charge in [0.2, 0.25) is 10.0 Å². The van der Waals surface area contributed by atoms with Crippen molar-refractivity contribution in [2.75, 3.05) is 13.1 Å². The highest BCUT2D eigenvalue weighted by Gasteiger charge is 2.30. The van der Waals surface area contributed by atoms with Crippen molar-refractivity contribution in [3.8, 4) is 0 Å². The quantitative estimate of drug-likeness (QED) is 0.716. The molecule has 1 atom stereocenters. The minimum absolute atomic E-state index is 0.0275. The summed E-state index contributed by atoms with van der Waals surface area (Å²) in [4.78, 5) is 23.9. The normalized spacial score (nSPS) is 18.2. The Labute approximate surface area is 146 Å². The number of sulfonamides is 1. The molecule has 0 spiro atoms. The molecule has 6 nitrogen and oxygen atoms in total. The van der Waals surface area contributed by atoms with Crippen molar-refractivity contribution in [3.05, 3.63) is 28.8 Å². The van der Waals surface area contributed by atoms with Crippen LogP contribution in [0, 0.1) is 0 Å². The van der Waals surface area contributed by atoms with Gasteiger partial charge in [0.25, 0.3) is 0 Å². The maximum atomic E-state index is 12.6. The van der Waals surface area contributed by atoms with E-state index in [0.29, 0.717) is 32.4 Å². The van der Waals surface area contributed by atoms with E-state index in [-0.39, 0.29) is 21.3 Å². The first-order valence-electron chi connectivity index (χ1n) is 7.84. The summed E-state index contributed by atoms with van der Waals surface area (Å²) >= 11 is 6.02. The van der Waals surface area contributed by atoms with Crippen LogP contribution in [0.5, 0.6) is 0 Å². The number of carbonyl (C=O) groups is 2. The second-order valence-corrected chi connectivity index (χ2v) is 7.83. The Bertz CT molecular complexity index is 743. The molecule has 2 rings (SSSR count). The molecule has 1 aromatic rings. The van der Waals surface area contributed by atoms with Crippen LogP contribution >= 0.6 is 11.6 Å². The third kappa shape index (κ3) is 3.79. The zero-order valence-corrected chi connectivity index (χ0v) is 15.2. The summed E-state index contributed by atoms with van der Waals surface area (Å²) in [6.07, 6.45) is 0.791. The first-order valence-corrected chi connectivity index (χ1v) is 9.66. The standard InChI is InChI=1S/C16H20ClNO5S/c1-3-18(4-2)24(21,22)11-8-9-13(17)12(10-11)16(20)23-15-7-5-6-14(15)19/h8-10,15H,3-7H2,1-2H3/t15-/m1/s1. The minimum atomic E-state index is -3.71. The first-order chi connectivity index (χ1) is 11.3. The third-order valence-corrected chi connectivity index (χ3v) is 6.37. The van der Waals surface area contributed by atoms with E-state index in [1.54, 1.807) is 13.8 Å². The van der Waals surface area contributed by atoms with Gasteiger partial charge >= 0.3 is 5.97 Å². The van der Waals surface area contributed by atoms with Crippen molar-refractivity contribution in [2.24, 2.45) is 0 Å². The molecule has 1 aliphatic carbocycles. The van der Waals surface area contributed by atoms with Crippen LogP contribution in [-0.4, -0.2) is 43.7 Å². The van der Waals surface area contributed by atoms with Crippen LogP contribution in [0.2, 0.25) is 5.02 Å². The summed E-state index contributed by atoms with van der Waals surface area (Å²) in [5.74, 6) is -0.900. The Morgan fingerprint density at radius 1 is 1.33 bits per heavy atom. The Morgan fingerprint density at radius 2 is 2.00 bits per heavy atom. The number of Topliss-reactive ketones (excluding diaryl/α,β-unsaturated/α-hetero) is 1. The van der Waals surface area contributed by atoms with Gasteiger partial charge in [0.05, 0.1) is 15.5 Å². The average Bonchev–Trinajstić information content (AvgIpc) is 2.93. The molecular weight excluding hydrogens is 354 g/mol. The van der Waals surface area contributed by atoms with Crippen LogP contribution in [-0.2, 0) is 19.6 Å². The highest BCUT2D eigenvalue weighted by Crippen LogP contribution is 2.25. The molecule has 0 N–H and O–H groups in total. The fourth-order valence-corrected chi connectivity index (χ4v) is 4.31. The van der Waals surface area contributed by atoms with Crippen molar-refractivity contribution in [1.29, 1.82) is 0 Å². The molecule has 132 valence electrons. The molecule has 0 aliphatic heterocycles. The van der Waals surface area contributed by atoms with E-state index in [0.717, 1.165) is 0 Å². The van der Waals surface area contributed by atoms with Gasteiger partial charge in [0.1, 0.15) is 0 Å². The van der Waals surface area contributed by atoms with Crippen LogP contribution in [0.25, 0.3) is 0 Å². The Morgan fingerprint density at radius 3 is 2.54 bits per heavy atom. The number of ketones is 1. The van der Waals surface area contributed by atoms with E-state index in [2.05, 4.69) is 0 Å². The number of carbonyl (C=O) groups excluding carboxylic acids is 2. The number of halogens is 1. The van der Waals surface area contributed by atoms with Gasteiger partial charge in [-0.3, -0.25) is 4.79 Å². The SMILES string of the molecule is CCN(CC)S(=O)(=O)c1ccc(Cl)c(C(=O)O[C@@H]2CCCC2=O)c1. The lowest BCUT2D eigenvalue weighted by atomic mass is 10.2. The van der Waals surface area contributed by atoms with E-state index in [1.807, 2.05) is 0 Å². The smallest absolute Gasteiger partial charge is 0.340 e. The van der Waals surface area contributed by atoms with Crippen LogP contribution in [0.15, 0.2) is 23.1 Å². The number of nitrogens with zero attached hydrogens (tertiary/aromatic N) is 1. The summed E-state index contributed by atoms with van der Waals surface area (Å²) in [6, 6.07) is 3.91. The van der Waals surface area contributed by atoms with Crippen molar-refractivity contribution < 1.29 is 22.7 Å². The average molecular weight is 374 g/mol. The van der Waals surface area contributed by atoms with E-state index in [9.17, 15) is 18.0 Å². The van der Waals surface area contributed by atoms with Gasteiger partial charge in [-0.1, -0.05) is 25.4 Å². The molecule has 0 aromatic heterocycles. The second kappa shape index (κ2) is 7.63. The number of esters is 1. The van der Waals surface area contributed by atoms with Crippen molar-refractivity contribution in [2.45, 2.75) is 44.1 Å². The van der Waals surface area contributed by atoms with Gasteiger partial charge in [0, 0.05) is 19.5 Å². The topological polar surface area (TPSA) is 80.8 Å². The van der Waals surface area contributed by atoms with E-state index < -0.39 is 22.1 Å². The molecule has 0 radical (unpaired) electrons. The maximum Gasteiger partial charge on any atom is 0.340 e. The number of hydrogen-bond donors (Lipinski definition) is 0. The molecule has 0 heterocycles. The summed E-state index contributed by atoms with van der Waals surface area (Å²) in [5, 5.41) is 0.0870. The minimum Gasteiger partial charge on any atom is -0.451 e. The highest BCUT2D eigenvalue weighted by molar-refractivity contribution is 7.89. The lowest BCUT2D eigenvalue weighted by molar-refractivity contribution is -0.124. The summed E-state index contributed by atoms with van der Waals surface area (Å²) in [7, 11) is -3.71. The molecular formula is C16H20ClNO5S. The summed E-state index contributed by atoms with van der Waals surface area (Å²) in [5.41, 5.74) is -0.0513. The van der Waals surface area contributed by atoms with Gasteiger partial charge in [0.15, 0.2) is 11.9 Å². The van der Waals surface area contributed by atoms with Crippen molar-refractivity contribution in [3.63, 3.8) is 0 Å². The van der Waals surface area contributed by atoms with E-state index >= 15 is 0 Å². The van der Waals surface area contributed by atoms with Gasteiger partial charge in [-0.15, -0.1) is 0 Å². The van der Waals surface area contributed by atoms with Gasteiger partial charge in [-0.25, -0.2) is 13.2 Å². The van der Waals surface area contributed by atoms with Crippen LogP contribution in [0.4, 0.5) is 0 Å². The van der Waals surface area contributed by atoms with Crippen molar-refractivity contribution in [1.82, 2.24) is 4.31 Å². The molecule has 8 heteroatoms. The van der Waals surface area contributed by atoms with Gasteiger partial charge in [-0.05, 0) is 31.0 Å². The van der Waals surface area contributed by atoms with E-state index in [1.165, 1.54) is 22.5 Å². The molecule has 24 heavy (non-hydrogen) atoms. The van der Waals surface area contributed by atoms with Crippen LogP contribution in [0.3, 0.4) is 0 Å². The summed E-state index contributed by atoms with van der Waals surface area (Å²) < 4.78 is 31.6. The summed E-state index contributed by atoms with van der Waals surface area (Å²) in [6.45, 7) is 4.10. The molecule has 1 aromatic carbocycles. The van der Waals surface area contributed by atoms with E-state index in [4.69, 9.17) is 16.3 Å². The molecule has 1 saturated carbocycles. The second-order valence-electron chi connectivity index (χ2n) is 5.48. The molecule has 0 saturated heterocycles. The third-order valence-electron chi connectivity index (χ3n) is 4.00. The lowest BCUT2D eigenvalue weighted by Gasteiger charge is -2.19. The number of rotatable bonds is 6. The van der Waals surface area contributed by atoms with Gasteiger partial charge < -0.3 is 4.74 Å². The lowest BCUT2D eigenvalue weighted by Crippen LogP contribution is -2.30. The Kier molecular flexibility index (Phi) is 6.01. The maximum absolute atomic E-state index is 12.6. The predicted molar refractivity (Wildman–Crippen MR) is 89.6 cm³/mol. The van der Waals surface area contributed by atoms with Crippen LogP contribution in [0.1, 0.15) is 43.5 Å². The molecule has 0 unspecified atom stereocenters. The Hall–Kier alpha value is -1.44. The molecule has 0 amide bonds. The number of benzene rings is 1. The fraction of sp³-hybridized carbons (Fsp3) is 0.500. The van der Waals surface area contributed by atoms with Crippen LogP contribution < -0.4 is 0 Å². The zero-order chi connectivity index (χ0) is 17.9. The zero-order valence-electron chi connectivity index (χ0n) is 13.6. The first kappa shape index (κ1) is 18.9. The Balaban J connectivity index is 2.31. The number of hydrogen-bond acceptors (Lipinski definition) is 5. The van der Waals surface area contributed by atoms with Crippen molar-refractivity contribution >= 4 is 33.4 Å². The monoisotopic (exact) mass is 373 g/mol. The predicted octanol–water partition coefficient (Wildman–Crippen LogP) is 2.65. The fourth-order valence-electron chi connectivity index (χ4n) is 2.63. The van der Waals surface area contributed by atoms with Gasteiger partial charge in [-0.2, -0.15) is 4.31 Å². The largest absolute Gasteiger partial charge is 0.451 e.